The van der Waals surface area contributed by atoms with Gasteiger partial charge in [-0.15, -0.1) is 0 Å². The van der Waals surface area contributed by atoms with E-state index in [0.717, 1.165) is 25.3 Å². The van der Waals surface area contributed by atoms with Gasteiger partial charge in [0, 0.05) is 24.2 Å². The Labute approximate surface area is 160 Å². The van der Waals surface area contributed by atoms with Gasteiger partial charge in [0.05, 0.1) is 10.9 Å². The van der Waals surface area contributed by atoms with Crippen LogP contribution in [0.1, 0.15) is 32.6 Å². The summed E-state index contributed by atoms with van der Waals surface area (Å²) in [4.78, 5) is 14.5. The largest absolute Gasteiger partial charge is 0.341 e. The fraction of sp³-hybridized carbons (Fsp3) is 0.611. The summed E-state index contributed by atoms with van der Waals surface area (Å²) in [5.41, 5.74) is 0. The zero-order chi connectivity index (χ0) is 18.7. The van der Waals surface area contributed by atoms with Crippen molar-refractivity contribution in [2.75, 3.05) is 19.6 Å². The van der Waals surface area contributed by atoms with Gasteiger partial charge in [0.2, 0.25) is 15.9 Å². The summed E-state index contributed by atoms with van der Waals surface area (Å²) in [7, 11) is -3.75. The average Bonchev–Trinajstić information content (AvgIpc) is 3.44. The van der Waals surface area contributed by atoms with Gasteiger partial charge in [-0.1, -0.05) is 11.6 Å². The van der Waals surface area contributed by atoms with Crippen LogP contribution in [0.4, 0.5) is 0 Å². The zero-order valence-corrected chi connectivity index (χ0v) is 16.5. The van der Waals surface area contributed by atoms with Crippen molar-refractivity contribution >= 4 is 27.5 Å². The molecule has 1 heterocycles. The maximum atomic E-state index is 12.6. The lowest BCUT2D eigenvalue weighted by Gasteiger charge is -2.34. The van der Waals surface area contributed by atoms with Crippen molar-refractivity contribution in [1.82, 2.24) is 14.9 Å². The summed E-state index contributed by atoms with van der Waals surface area (Å²) >= 11 is 5.79. The minimum atomic E-state index is -3.75. The van der Waals surface area contributed by atoms with Gasteiger partial charge in [0.25, 0.3) is 0 Å². The monoisotopic (exact) mass is 399 g/mol. The van der Waals surface area contributed by atoms with Gasteiger partial charge in [-0.2, -0.15) is 4.72 Å². The van der Waals surface area contributed by atoms with Gasteiger partial charge >= 0.3 is 0 Å². The van der Waals surface area contributed by atoms with Crippen LogP contribution in [0, 0.1) is 5.92 Å². The van der Waals surface area contributed by atoms with Crippen molar-refractivity contribution in [3.8, 4) is 0 Å². The number of hydrogen-bond acceptors (Lipinski definition) is 4. The van der Waals surface area contributed by atoms with Crippen molar-refractivity contribution in [3.63, 3.8) is 0 Å². The first kappa shape index (κ1) is 19.6. The van der Waals surface area contributed by atoms with E-state index in [1.165, 1.54) is 37.1 Å². The molecule has 1 aromatic carbocycles. The standard InChI is InChI=1S/C18H26ClN3O3S/c1-13(21-26(24,25)17-6-4-15(19)5-7-17)18(23)22-10-8-16(9-11-22)20-12-14-2-3-14/h4-7,13-14,16,20-21H,2-3,8-12H2,1H3. The van der Waals surface area contributed by atoms with Crippen molar-refractivity contribution in [2.24, 2.45) is 5.92 Å². The Morgan fingerprint density at radius 1 is 1.19 bits per heavy atom. The van der Waals surface area contributed by atoms with Gasteiger partial charge in [0.1, 0.15) is 0 Å². The smallest absolute Gasteiger partial charge is 0.241 e. The van der Waals surface area contributed by atoms with Gasteiger partial charge in [-0.05, 0) is 69.3 Å². The Balaban J connectivity index is 1.50. The summed E-state index contributed by atoms with van der Waals surface area (Å²) in [6.07, 6.45) is 4.48. The second-order valence-corrected chi connectivity index (χ2v) is 9.40. The van der Waals surface area contributed by atoms with Crippen molar-refractivity contribution in [2.45, 2.75) is 49.6 Å². The number of piperidine rings is 1. The number of nitrogens with one attached hydrogen (secondary N) is 2. The van der Waals surface area contributed by atoms with Crippen LogP contribution in [0.2, 0.25) is 5.02 Å². The molecule has 8 heteroatoms. The molecule has 1 saturated heterocycles. The van der Waals surface area contributed by atoms with E-state index in [0.29, 0.717) is 24.2 Å². The lowest BCUT2D eigenvalue weighted by Crippen LogP contribution is -2.51. The molecule has 1 amide bonds. The molecule has 144 valence electrons. The number of carbonyl (C=O) groups is 1. The van der Waals surface area contributed by atoms with Crippen LogP contribution in [-0.2, 0) is 14.8 Å². The number of halogens is 1. The molecule has 26 heavy (non-hydrogen) atoms. The Hall–Kier alpha value is -1.15. The molecule has 0 spiro atoms. The molecular weight excluding hydrogens is 374 g/mol. The van der Waals surface area contributed by atoms with E-state index in [-0.39, 0.29) is 10.8 Å². The van der Waals surface area contributed by atoms with E-state index >= 15 is 0 Å². The second kappa shape index (κ2) is 8.25. The minimum absolute atomic E-state index is 0.101. The number of nitrogens with zero attached hydrogens (tertiary/aromatic N) is 1. The molecular formula is C18H26ClN3O3S. The number of sulfonamides is 1. The number of carbonyl (C=O) groups excluding carboxylic acids is 1. The Bertz CT molecular complexity index is 727. The van der Waals surface area contributed by atoms with Gasteiger partial charge < -0.3 is 10.2 Å². The fourth-order valence-corrected chi connectivity index (χ4v) is 4.52. The first-order valence-corrected chi connectivity index (χ1v) is 11.0. The van der Waals surface area contributed by atoms with Crippen LogP contribution in [0.25, 0.3) is 0 Å². The Morgan fingerprint density at radius 3 is 2.38 bits per heavy atom. The molecule has 1 unspecified atom stereocenters. The zero-order valence-electron chi connectivity index (χ0n) is 14.9. The molecule has 2 fully saturated rings. The number of likely N-dealkylation sites (tertiary alicyclic amines) is 1. The normalized spacial score (nSPS) is 20.2. The Morgan fingerprint density at radius 2 is 1.81 bits per heavy atom. The third-order valence-electron chi connectivity index (χ3n) is 5.03. The molecule has 6 nitrogen and oxygen atoms in total. The summed E-state index contributed by atoms with van der Waals surface area (Å²) < 4.78 is 27.3. The maximum Gasteiger partial charge on any atom is 0.241 e. The highest BCUT2D eigenvalue weighted by Gasteiger charge is 2.29. The van der Waals surface area contributed by atoms with Crippen LogP contribution >= 0.6 is 11.6 Å². The van der Waals surface area contributed by atoms with Crippen LogP contribution < -0.4 is 10.0 Å². The quantitative estimate of drug-likeness (QED) is 0.735. The third kappa shape index (κ3) is 5.19. The molecule has 1 atom stereocenters. The first-order chi connectivity index (χ1) is 12.3. The first-order valence-electron chi connectivity index (χ1n) is 9.15. The summed E-state index contributed by atoms with van der Waals surface area (Å²) in [5.74, 6) is 0.667. The van der Waals surface area contributed by atoms with Crippen molar-refractivity contribution < 1.29 is 13.2 Å². The highest BCUT2D eigenvalue weighted by atomic mass is 35.5. The molecule has 1 aliphatic heterocycles. The van der Waals surface area contributed by atoms with Crippen LogP contribution in [-0.4, -0.2) is 50.9 Å². The van der Waals surface area contributed by atoms with E-state index in [9.17, 15) is 13.2 Å². The predicted octanol–water partition coefficient (Wildman–Crippen LogP) is 2.00. The molecule has 0 radical (unpaired) electrons. The Kier molecular flexibility index (Phi) is 6.22. The number of amides is 1. The topological polar surface area (TPSA) is 78.5 Å². The lowest BCUT2D eigenvalue weighted by molar-refractivity contribution is -0.133. The number of hydrogen-bond donors (Lipinski definition) is 2. The highest BCUT2D eigenvalue weighted by Crippen LogP contribution is 2.28. The van der Waals surface area contributed by atoms with Crippen LogP contribution in [0.15, 0.2) is 29.2 Å². The second-order valence-electron chi connectivity index (χ2n) is 7.25. The van der Waals surface area contributed by atoms with Gasteiger partial charge in [0.15, 0.2) is 0 Å². The average molecular weight is 400 g/mol. The molecule has 2 N–H and O–H groups in total. The van der Waals surface area contributed by atoms with Gasteiger partial charge in [-0.25, -0.2) is 8.42 Å². The lowest BCUT2D eigenvalue weighted by atomic mass is 10.0. The molecule has 1 aromatic rings. The summed E-state index contributed by atoms with van der Waals surface area (Å²) in [6, 6.07) is 5.55. The summed E-state index contributed by atoms with van der Waals surface area (Å²) in [5, 5.41) is 4.04. The molecule has 1 aliphatic carbocycles. The fourth-order valence-electron chi connectivity index (χ4n) is 3.20. The predicted molar refractivity (Wildman–Crippen MR) is 102 cm³/mol. The van der Waals surface area contributed by atoms with E-state index in [1.54, 1.807) is 11.8 Å². The van der Waals surface area contributed by atoms with Gasteiger partial charge in [-0.3, -0.25) is 4.79 Å². The van der Waals surface area contributed by atoms with E-state index < -0.39 is 16.1 Å². The number of rotatable bonds is 7. The molecule has 0 aromatic heterocycles. The van der Waals surface area contributed by atoms with Crippen LogP contribution in [0.5, 0.6) is 0 Å². The SMILES string of the molecule is CC(NS(=O)(=O)c1ccc(Cl)cc1)C(=O)N1CCC(NCC2CC2)CC1. The molecule has 0 bridgehead atoms. The highest BCUT2D eigenvalue weighted by molar-refractivity contribution is 7.89. The minimum Gasteiger partial charge on any atom is -0.341 e. The molecule has 2 aliphatic rings. The maximum absolute atomic E-state index is 12.6. The number of benzene rings is 1. The van der Waals surface area contributed by atoms with Crippen molar-refractivity contribution in [3.05, 3.63) is 29.3 Å². The molecule has 3 rings (SSSR count). The van der Waals surface area contributed by atoms with Crippen LogP contribution in [0.3, 0.4) is 0 Å². The summed E-state index contributed by atoms with van der Waals surface area (Å²) in [6.45, 7) is 3.99. The van der Waals surface area contributed by atoms with E-state index in [1.807, 2.05) is 0 Å². The van der Waals surface area contributed by atoms with E-state index in [2.05, 4.69) is 10.0 Å². The third-order valence-corrected chi connectivity index (χ3v) is 6.83. The molecule has 1 saturated carbocycles. The van der Waals surface area contributed by atoms with Crippen molar-refractivity contribution in [1.29, 1.82) is 0 Å². The van der Waals surface area contributed by atoms with E-state index in [4.69, 9.17) is 11.6 Å².